The second-order valence-corrected chi connectivity index (χ2v) is 7.71. The van der Waals surface area contributed by atoms with Crippen molar-refractivity contribution in [2.75, 3.05) is 6.61 Å². The minimum atomic E-state index is -0.636. The van der Waals surface area contributed by atoms with Gasteiger partial charge in [-0.05, 0) is 31.5 Å². The Morgan fingerprint density at radius 1 is 1.08 bits per heavy atom. The van der Waals surface area contributed by atoms with Crippen LogP contribution in [-0.2, 0) is 19.6 Å². The molecule has 7 heteroatoms. The molecule has 0 fully saturated rings. The molecule has 25 heavy (non-hydrogen) atoms. The summed E-state index contributed by atoms with van der Waals surface area (Å²) in [5.41, 5.74) is 0.728. The van der Waals surface area contributed by atoms with Crippen molar-refractivity contribution in [3.63, 3.8) is 0 Å². The Hall–Kier alpha value is -2.12. The van der Waals surface area contributed by atoms with Crippen LogP contribution < -0.4 is 11.2 Å². The van der Waals surface area contributed by atoms with Crippen molar-refractivity contribution in [2.24, 2.45) is 14.1 Å². The summed E-state index contributed by atoms with van der Waals surface area (Å²) in [5, 5.41) is 10.3. The van der Waals surface area contributed by atoms with Crippen molar-refractivity contribution in [3.05, 3.63) is 55.8 Å². The van der Waals surface area contributed by atoms with Gasteiger partial charge >= 0.3 is 5.69 Å². The molecule has 0 radical (unpaired) electrons. The Balaban J connectivity index is 2.55. The molecule has 1 aromatic carbocycles. The van der Waals surface area contributed by atoms with E-state index in [0.717, 1.165) is 14.6 Å². The van der Waals surface area contributed by atoms with Crippen LogP contribution in [0.25, 0.3) is 22.2 Å². The molecule has 3 rings (SSSR count). The van der Waals surface area contributed by atoms with Gasteiger partial charge in [0, 0.05) is 24.8 Å². The highest BCUT2D eigenvalue weighted by molar-refractivity contribution is 9.10. The van der Waals surface area contributed by atoms with Gasteiger partial charge in [-0.3, -0.25) is 13.9 Å². The Morgan fingerprint density at radius 2 is 1.68 bits per heavy atom. The Labute approximate surface area is 153 Å². The number of aliphatic hydroxyl groups is 1. The monoisotopic (exact) mass is 405 g/mol. The van der Waals surface area contributed by atoms with Gasteiger partial charge in [-0.15, -0.1) is 0 Å². The van der Waals surface area contributed by atoms with Gasteiger partial charge in [-0.1, -0.05) is 28.1 Å². The van der Waals surface area contributed by atoms with Crippen LogP contribution in [-0.4, -0.2) is 25.4 Å². The van der Waals surface area contributed by atoms with E-state index >= 15 is 0 Å². The lowest BCUT2D eigenvalue weighted by Gasteiger charge is -2.27. The fourth-order valence-electron chi connectivity index (χ4n) is 2.99. The summed E-state index contributed by atoms with van der Waals surface area (Å²) in [4.78, 5) is 25.1. The van der Waals surface area contributed by atoms with Crippen molar-refractivity contribution >= 4 is 26.8 Å². The number of aliphatic hydroxyl groups excluding tert-OH is 1. The summed E-state index contributed by atoms with van der Waals surface area (Å²) in [6.07, 6.45) is 1.77. The van der Waals surface area contributed by atoms with Crippen LogP contribution in [0.4, 0.5) is 0 Å². The molecule has 1 N–H and O–H groups in total. The Morgan fingerprint density at radius 3 is 2.24 bits per heavy atom. The molecular formula is C18H20BrN3O3. The zero-order chi connectivity index (χ0) is 18.5. The zero-order valence-corrected chi connectivity index (χ0v) is 16.2. The third kappa shape index (κ3) is 2.67. The molecule has 3 aromatic rings. The zero-order valence-electron chi connectivity index (χ0n) is 14.6. The third-order valence-electron chi connectivity index (χ3n) is 4.60. The van der Waals surface area contributed by atoms with E-state index in [1.165, 1.54) is 11.6 Å². The van der Waals surface area contributed by atoms with Crippen LogP contribution in [0.5, 0.6) is 0 Å². The molecule has 2 aromatic heterocycles. The van der Waals surface area contributed by atoms with E-state index in [9.17, 15) is 14.7 Å². The van der Waals surface area contributed by atoms with Crippen LogP contribution in [0, 0.1) is 0 Å². The van der Waals surface area contributed by atoms with E-state index < -0.39 is 5.54 Å². The number of aromatic nitrogens is 3. The average Bonchev–Trinajstić information content (AvgIpc) is 3.00. The maximum absolute atomic E-state index is 12.9. The van der Waals surface area contributed by atoms with Crippen molar-refractivity contribution in [2.45, 2.75) is 19.4 Å². The molecule has 2 heterocycles. The molecule has 0 aliphatic carbocycles. The number of hydrogen-bond donors (Lipinski definition) is 1. The van der Waals surface area contributed by atoms with E-state index in [0.29, 0.717) is 16.6 Å². The second-order valence-electron chi connectivity index (χ2n) is 6.79. The first-order valence-electron chi connectivity index (χ1n) is 7.87. The standard InChI is InChI=1S/C18H20BrN3O3/c1-18(2,10-23)22-9-13-14(16(24)21(4)17(25)20(13)3)15(22)11-5-7-12(19)8-6-11/h5-9,23H,10H2,1-4H3. The Kier molecular flexibility index (Phi) is 4.25. The first-order chi connectivity index (χ1) is 11.7. The van der Waals surface area contributed by atoms with E-state index in [-0.39, 0.29) is 17.9 Å². The molecular weight excluding hydrogens is 386 g/mol. The summed E-state index contributed by atoms with van der Waals surface area (Å²) in [5.74, 6) is 0. The number of hydrogen-bond acceptors (Lipinski definition) is 3. The SMILES string of the molecule is Cn1c(=O)c2c(-c3ccc(Br)cc3)n(C(C)(C)CO)cc2n(C)c1=O. The van der Waals surface area contributed by atoms with E-state index in [4.69, 9.17) is 0 Å². The van der Waals surface area contributed by atoms with Crippen LogP contribution in [0.15, 0.2) is 44.5 Å². The average molecular weight is 406 g/mol. The molecule has 6 nitrogen and oxygen atoms in total. The summed E-state index contributed by atoms with van der Waals surface area (Å²) in [7, 11) is 3.12. The highest BCUT2D eigenvalue weighted by Crippen LogP contribution is 2.33. The van der Waals surface area contributed by atoms with Crippen LogP contribution in [0.2, 0.25) is 0 Å². The minimum Gasteiger partial charge on any atom is -0.394 e. The molecule has 0 amide bonds. The van der Waals surface area contributed by atoms with Gasteiger partial charge in [-0.2, -0.15) is 0 Å². The first-order valence-corrected chi connectivity index (χ1v) is 8.66. The fraction of sp³-hybridized carbons (Fsp3) is 0.333. The van der Waals surface area contributed by atoms with Gasteiger partial charge in [0.05, 0.1) is 28.7 Å². The largest absolute Gasteiger partial charge is 0.394 e. The Bertz CT molecular complexity index is 1070. The number of nitrogens with zero attached hydrogens (tertiary/aromatic N) is 3. The molecule has 0 spiro atoms. The smallest absolute Gasteiger partial charge is 0.330 e. The van der Waals surface area contributed by atoms with Crippen molar-refractivity contribution in [3.8, 4) is 11.3 Å². The maximum atomic E-state index is 12.9. The van der Waals surface area contributed by atoms with Gasteiger partial charge in [0.15, 0.2) is 0 Å². The summed E-state index contributed by atoms with van der Waals surface area (Å²) >= 11 is 3.42. The lowest BCUT2D eigenvalue weighted by atomic mass is 10.0. The van der Waals surface area contributed by atoms with Crippen molar-refractivity contribution < 1.29 is 5.11 Å². The molecule has 0 saturated heterocycles. The maximum Gasteiger partial charge on any atom is 0.330 e. The summed E-state index contributed by atoms with van der Waals surface area (Å²) in [6, 6.07) is 7.62. The number of benzene rings is 1. The quantitative estimate of drug-likeness (QED) is 0.725. The lowest BCUT2D eigenvalue weighted by molar-refractivity contribution is 0.166. The van der Waals surface area contributed by atoms with Crippen LogP contribution in [0.3, 0.4) is 0 Å². The van der Waals surface area contributed by atoms with Gasteiger partial charge in [0.1, 0.15) is 0 Å². The molecule has 0 atom stereocenters. The van der Waals surface area contributed by atoms with Gasteiger partial charge < -0.3 is 9.67 Å². The highest BCUT2D eigenvalue weighted by atomic mass is 79.9. The van der Waals surface area contributed by atoms with Crippen molar-refractivity contribution in [1.29, 1.82) is 0 Å². The molecule has 132 valence electrons. The van der Waals surface area contributed by atoms with Gasteiger partial charge in [0.25, 0.3) is 5.56 Å². The van der Waals surface area contributed by atoms with E-state index in [1.807, 2.05) is 42.7 Å². The number of aryl methyl sites for hydroxylation is 1. The van der Waals surface area contributed by atoms with Crippen molar-refractivity contribution in [1.82, 2.24) is 13.7 Å². The van der Waals surface area contributed by atoms with Crippen LogP contribution >= 0.6 is 15.9 Å². The van der Waals surface area contributed by atoms with Crippen LogP contribution in [0.1, 0.15) is 13.8 Å². The second kappa shape index (κ2) is 6.00. The molecule has 0 unspecified atom stereocenters. The topological polar surface area (TPSA) is 69.2 Å². The minimum absolute atomic E-state index is 0.105. The fourth-order valence-corrected chi connectivity index (χ4v) is 3.25. The van der Waals surface area contributed by atoms with Gasteiger partial charge in [0.2, 0.25) is 0 Å². The van der Waals surface area contributed by atoms with E-state index in [1.54, 1.807) is 13.2 Å². The molecule has 0 bridgehead atoms. The predicted octanol–water partition coefficient (Wildman–Crippen LogP) is 2.20. The van der Waals surface area contributed by atoms with Gasteiger partial charge in [-0.25, -0.2) is 4.79 Å². The summed E-state index contributed by atoms with van der Waals surface area (Å²) in [6.45, 7) is 3.67. The number of fused-ring (bicyclic) bond motifs is 1. The first kappa shape index (κ1) is 17.7. The molecule has 0 aliphatic rings. The summed E-state index contributed by atoms with van der Waals surface area (Å²) < 4.78 is 5.38. The number of halogens is 1. The molecule has 0 aliphatic heterocycles. The third-order valence-corrected chi connectivity index (χ3v) is 5.12. The number of rotatable bonds is 3. The normalized spacial score (nSPS) is 12.1. The highest BCUT2D eigenvalue weighted by Gasteiger charge is 2.27. The molecule has 0 saturated carbocycles. The lowest BCUT2D eigenvalue weighted by Crippen LogP contribution is -2.36. The van der Waals surface area contributed by atoms with E-state index in [2.05, 4.69) is 15.9 Å². The predicted molar refractivity (Wildman–Crippen MR) is 102 cm³/mol.